The van der Waals surface area contributed by atoms with Gasteiger partial charge >= 0.3 is 0 Å². The van der Waals surface area contributed by atoms with E-state index in [9.17, 15) is 13.2 Å². The molecule has 5 nitrogen and oxygen atoms in total. The van der Waals surface area contributed by atoms with Crippen molar-refractivity contribution in [3.63, 3.8) is 0 Å². The average Bonchev–Trinajstić information content (AvgIpc) is 2.90. The zero-order chi connectivity index (χ0) is 16.3. The van der Waals surface area contributed by atoms with Crippen molar-refractivity contribution in [2.75, 3.05) is 24.6 Å². The third-order valence-electron chi connectivity index (χ3n) is 4.79. The second-order valence-electron chi connectivity index (χ2n) is 6.64. The quantitative estimate of drug-likeness (QED) is 0.897. The average molecular weight is 336 g/mol. The summed E-state index contributed by atoms with van der Waals surface area (Å²) in [7, 11) is -2.99. The van der Waals surface area contributed by atoms with E-state index in [4.69, 9.17) is 0 Å². The first-order chi connectivity index (χ1) is 11.0. The van der Waals surface area contributed by atoms with Crippen LogP contribution < -0.4 is 5.32 Å². The van der Waals surface area contributed by atoms with Crippen LogP contribution in [0.25, 0.3) is 0 Å². The van der Waals surface area contributed by atoms with Gasteiger partial charge in [0.15, 0.2) is 9.84 Å². The van der Waals surface area contributed by atoms with E-state index in [2.05, 4.69) is 34.5 Å². The van der Waals surface area contributed by atoms with Gasteiger partial charge in [-0.25, -0.2) is 8.42 Å². The summed E-state index contributed by atoms with van der Waals surface area (Å²) < 4.78 is 22.9. The van der Waals surface area contributed by atoms with Crippen LogP contribution in [-0.4, -0.2) is 49.9 Å². The highest BCUT2D eigenvalue weighted by molar-refractivity contribution is 7.91. The van der Waals surface area contributed by atoms with E-state index in [0.717, 1.165) is 32.5 Å². The number of benzene rings is 1. The zero-order valence-corrected chi connectivity index (χ0v) is 14.1. The summed E-state index contributed by atoms with van der Waals surface area (Å²) in [6.07, 6.45) is 2.33. The van der Waals surface area contributed by atoms with Crippen molar-refractivity contribution in [2.24, 2.45) is 5.92 Å². The lowest BCUT2D eigenvalue weighted by Crippen LogP contribution is -2.46. The Hall–Kier alpha value is -1.40. The largest absolute Gasteiger partial charge is 0.353 e. The summed E-state index contributed by atoms with van der Waals surface area (Å²) in [5, 5.41) is 3.05. The first kappa shape index (κ1) is 16.5. The molecule has 3 rings (SSSR count). The maximum atomic E-state index is 12.2. The zero-order valence-electron chi connectivity index (χ0n) is 13.3. The number of piperidine rings is 1. The lowest BCUT2D eigenvalue weighted by Gasteiger charge is -2.32. The first-order valence-corrected chi connectivity index (χ1v) is 10.1. The van der Waals surface area contributed by atoms with Crippen LogP contribution in [0.1, 0.15) is 24.8 Å². The molecule has 126 valence electrons. The van der Waals surface area contributed by atoms with Gasteiger partial charge < -0.3 is 5.32 Å². The minimum absolute atomic E-state index is 0.0195. The fourth-order valence-electron chi connectivity index (χ4n) is 3.40. The maximum absolute atomic E-state index is 12.2. The van der Waals surface area contributed by atoms with E-state index in [1.807, 2.05) is 6.07 Å². The predicted octanol–water partition coefficient (Wildman–Crippen LogP) is 1.20. The summed E-state index contributed by atoms with van der Waals surface area (Å²) >= 11 is 0. The molecular formula is C17H24N2O3S. The molecule has 2 aliphatic rings. The first-order valence-electron chi connectivity index (χ1n) is 8.29. The number of hydrogen-bond acceptors (Lipinski definition) is 4. The molecule has 1 aromatic carbocycles. The van der Waals surface area contributed by atoms with Crippen LogP contribution in [0.5, 0.6) is 0 Å². The maximum Gasteiger partial charge on any atom is 0.224 e. The van der Waals surface area contributed by atoms with Gasteiger partial charge in [0.25, 0.3) is 0 Å². The van der Waals surface area contributed by atoms with Crippen molar-refractivity contribution in [3.05, 3.63) is 35.9 Å². The Morgan fingerprint density at radius 2 is 1.83 bits per heavy atom. The van der Waals surface area contributed by atoms with E-state index >= 15 is 0 Å². The van der Waals surface area contributed by atoms with Crippen LogP contribution in [0.15, 0.2) is 30.3 Å². The molecule has 0 bridgehead atoms. The number of likely N-dealkylation sites (tertiary alicyclic amines) is 1. The van der Waals surface area contributed by atoms with Gasteiger partial charge in [0.1, 0.15) is 0 Å². The van der Waals surface area contributed by atoms with Gasteiger partial charge in [-0.3, -0.25) is 9.69 Å². The molecule has 0 unspecified atom stereocenters. The number of rotatable bonds is 4. The molecule has 1 amide bonds. The highest BCUT2D eigenvalue weighted by Crippen LogP contribution is 2.20. The molecule has 2 aliphatic heterocycles. The standard InChI is InChI=1S/C17H24N2O3S/c20-17(15-8-11-23(21,22)13-15)18-16-6-9-19(10-7-16)12-14-4-2-1-3-5-14/h1-5,15-16H,6-13H2,(H,18,20)/t15-/m1/s1. The Kier molecular flexibility index (Phi) is 5.02. The molecule has 0 spiro atoms. The SMILES string of the molecule is O=C(NC1CCN(Cc2ccccc2)CC1)[C@@H]1CCS(=O)(=O)C1. The van der Waals surface area contributed by atoms with Crippen LogP contribution in [-0.2, 0) is 21.2 Å². The van der Waals surface area contributed by atoms with Crippen molar-refractivity contribution < 1.29 is 13.2 Å². The number of sulfone groups is 1. The van der Waals surface area contributed by atoms with Crippen molar-refractivity contribution >= 4 is 15.7 Å². The molecule has 6 heteroatoms. The van der Waals surface area contributed by atoms with E-state index < -0.39 is 9.84 Å². The second kappa shape index (κ2) is 7.01. The Bertz CT molecular complexity index is 637. The summed E-state index contributed by atoms with van der Waals surface area (Å²) in [5.41, 5.74) is 1.31. The number of nitrogens with zero attached hydrogens (tertiary/aromatic N) is 1. The monoisotopic (exact) mass is 336 g/mol. The van der Waals surface area contributed by atoms with Crippen molar-refractivity contribution in [2.45, 2.75) is 31.8 Å². The number of carbonyl (C=O) groups is 1. The predicted molar refractivity (Wildman–Crippen MR) is 89.6 cm³/mol. The molecule has 2 saturated heterocycles. The fraction of sp³-hybridized carbons (Fsp3) is 0.588. The van der Waals surface area contributed by atoms with Gasteiger partial charge in [0, 0.05) is 25.7 Å². The van der Waals surface area contributed by atoms with E-state index in [0.29, 0.717) is 6.42 Å². The lowest BCUT2D eigenvalue weighted by atomic mass is 10.0. The summed E-state index contributed by atoms with van der Waals surface area (Å²) in [5.74, 6) is -0.248. The summed E-state index contributed by atoms with van der Waals surface area (Å²) in [6.45, 7) is 2.87. The molecule has 0 saturated carbocycles. The van der Waals surface area contributed by atoms with Crippen LogP contribution in [0, 0.1) is 5.92 Å². The molecule has 1 atom stereocenters. The number of carbonyl (C=O) groups excluding carboxylic acids is 1. The topological polar surface area (TPSA) is 66.5 Å². The van der Waals surface area contributed by atoms with Gasteiger partial charge in [-0.05, 0) is 24.8 Å². The van der Waals surface area contributed by atoms with Crippen LogP contribution in [0.4, 0.5) is 0 Å². The van der Waals surface area contributed by atoms with E-state index in [1.54, 1.807) is 0 Å². The molecule has 0 aromatic heterocycles. The molecule has 0 radical (unpaired) electrons. The molecule has 2 fully saturated rings. The van der Waals surface area contributed by atoms with Gasteiger partial charge in [-0.1, -0.05) is 30.3 Å². The van der Waals surface area contributed by atoms with Crippen LogP contribution >= 0.6 is 0 Å². The molecule has 1 aromatic rings. The van der Waals surface area contributed by atoms with Gasteiger partial charge in [0.05, 0.1) is 17.4 Å². The summed E-state index contributed by atoms with van der Waals surface area (Å²) in [6, 6.07) is 10.6. The highest BCUT2D eigenvalue weighted by atomic mass is 32.2. The van der Waals surface area contributed by atoms with Gasteiger partial charge in [0.2, 0.25) is 5.91 Å². The van der Waals surface area contributed by atoms with Gasteiger partial charge in [-0.2, -0.15) is 0 Å². The lowest BCUT2D eigenvalue weighted by molar-refractivity contribution is -0.125. The van der Waals surface area contributed by atoms with Gasteiger partial charge in [-0.15, -0.1) is 0 Å². The number of hydrogen-bond donors (Lipinski definition) is 1. The normalized spacial score (nSPS) is 25.3. The van der Waals surface area contributed by atoms with Crippen molar-refractivity contribution in [1.82, 2.24) is 10.2 Å². The van der Waals surface area contributed by atoms with Crippen molar-refractivity contribution in [1.29, 1.82) is 0 Å². The minimum atomic E-state index is -2.99. The van der Waals surface area contributed by atoms with Crippen LogP contribution in [0.2, 0.25) is 0 Å². The van der Waals surface area contributed by atoms with E-state index in [1.165, 1.54) is 5.56 Å². The fourth-order valence-corrected chi connectivity index (χ4v) is 5.14. The minimum Gasteiger partial charge on any atom is -0.353 e. The van der Waals surface area contributed by atoms with E-state index in [-0.39, 0.29) is 29.4 Å². The third kappa shape index (κ3) is 4.54. The molecule has 0 aliphatic carbocycles. The van der Waals surface area contributed by atoms with Crippen molar-refractivity contribution in [3.8, 4) is 0 Å². The number of amides is 1. The highest BCUT2D eigenvalue weighted by Gasteiger charge is 2.34. The molecule has 1 N–H and O–H groups in total. The number of nitrogens with one attached hydrogen (secondary N) is 1. The Morgan fingerprint density at radius 3 is 2.43 bits per heavy atom. The Labute approximate surface area is 138 Å². The molecule has 2 heterocycles. The Balaban J connectivity index is 1.43. The third-order valence-corrected chi connectivity index (χ3v) is 6.55. The summed E-state index contributed by atoms with van der Waals surface area (Å²) in [4.78, 5) is 14.6. The molecule has 23 heavy (non-hydrogen) atoms. The second-order valence-corrected chi connectivity index (χ2v) is 8.87. The Morgan fingerprint density at radius 1 is 1.13 bits per heavy atom. The molecular weight excluding hydrogens is 312 g/mol. The van der Waals surface area contributed by atoms with Crippen LogP contribution in [0.3, 0.4) is 0 Å². The smallest absolute Gasteiger partial charge is 0.224 e.